The standard InChI is InChI=1S/C22H20N2O7/c1-4-29-20-11-15(10-17(13-23)21(25)30-5-2)7-9-19(20)31-22(26)16-8-6-14(3)18(12-16)24(27)28/h6-12H,4-5H2,1-3H3/b17-10+. The number of nitriles is 1. The molecule has 0 radical (unpaired) electrons. The number of nitro benzene ring substituents is 1. The van der Waals surface area contributed by atoms with Crippen molar-refractivity contribution in [3.63, 3.8) is 0 Å². The van der Waals surface area contributed by atoms with E-state index in [9.17, 15) is 19.7 Å². The number of hydrogen-bond acceptors (Lipinski definition) is 8. The van der Waals surface area contributed by atoms with E-state index in [1.54, 1.807) is 26.8 Å². The van der Waals surface area contributed by atoms with Crippen molar-refractivity contribution < 1.29 is 28.7 Å². The lowest BCUT2D eigenvalue weighted by atomic mass is 10.1. The fourth-order valence-corrected chi connectivity index (χ4v) is 2.57. The van der Waals surface area contributed by atoms with Crippen molar-refractivity contribution in [3.8, 4) is 17.6 Å². The first kappa shape index (κ1) is 23.1. The van der Waals surface area contributed by atoms with Crippen LogP contribution in [0.5, 0.6) is 11.5 Å². The van der Waals surface area contributed by atoms with Gasteiger partial charge in [0, 0.05) is 11.6 Å². The average molecular weight is 424 g/mol. The van der Waals surface area contributed by atoms with Crippen LogP contribution >= 0.6 is 0 Å². The summed E-state index contributed by atoms with van der Waals surface area (Å²) in [4.78, 5) is 34.8. The summed E-state index contributed by atoms with van der Waals surface area (Å²) >= 11 is 0. The number of hydrogen-bond donors (Lipinski definition) is 0. The van der Waals surface area contributed by atoms with Crippen LogP contribution in [0.25, 0.3) is 6.08 Å². The molecule has 2 aromatic carbocycles. The fourth-order valence-electron chi connectivity index (χ4n) is 2.57. The highest BCUT2D eigenvalue weighted by atomic mass is 16.6. The summed E-state index contributed by atoms with van der Waals surface area (Å²) in [6.07, 6.45) is 1.33. The minimum Gasteiger partial charge on any atom is -0.490 e. The summed E-state index contributed by atoms with van der Waals surface area (Å²) in [6, 6.07) is 10.3. The molecule has 0 aliphatic heterocycles. The van der Waals surface area contributed by atoms with E-state index in [1.807, 2.05) is 0 Å². The van der Waals surface area contributed by atoms with Gasteiger partial charge >= 0.3 is 11.9 Å². The molecule has 0 heterocycles. The lowest BCUT2D eigenvalue weighted by Gasteiger charge is -2.12. The quantitative estimate of drug-likeness (QED) is 0.155. The largest absolute Gasteiger partial charge is 0.490 e. The molecule has 9 heteroatoms. The lowest BCUT2D eigenvalue weighted by Crippen LogP contribution is -2.10. The number of aryl methyl sites for hydroxylation is 1. The fraction of sp³-hybridized carbons (Fsp3) is 0.227. The summed E-state index contributed by atoms with van der Waals surface area (Å²) in [7, 11) is 0. The molecule has 0 saturated heterocycles. The van der Waals surface area contributed by atoms with Crippen molar-refractivity contribution >= 4 is 23.7 Å². The molecule has 2 rings (SSSR count). The number of carbonyl (C=O) groups is 2. The van der Waals surface area contributed by atoms with Crippen molar-refractivity contribution in [2.45, 2.75) is 20.8 Å². The second-order valence-corrected chi connectivity index (χ2v) is 6.18. The van der Waals surface area contributed by atoms with Gasteiger partial charge in [0.05, 0.1) is 23.7 Å². The van der Waals surface area contributed by atoms with Gasteiger partial charge in [0.25, 0.3) is 5.69 Å². The summed E-state index contributed by atoms with van der Waals surface area (Å²) in [5.41, 5.74) is 0.503. The van der Waals surface area contributed by atoms with Gasteiger partial charge in [0.2, 0.25) is 0 Å². The molecular formula is C22H20N2O7. The van der Waals surface area contributed by atoms with Crippen LogP contribution in [-0.4, -0.2) is 30.1 Å². The highest BCUT2D eigenvalue weighted by molar-refractivity contribution is 5.98. The van der Waals surface area contributed by atoms with Crippen LogP contribution in [0.1, 0.15) is 35.3 Å². The minimum atomic E-state index is -0.795. The molecule has 0 amide bonds. The first-order chi connectivity index (χ1) is 14.8. The average Bonchev–Trinajstić information content (AvgIpc) is 2.74. The predicted molar refractivity (Wildman–Crippen MR) is 111 cm³/mol. The Bertz CT molecular complexity index is 1080. The number of carbonyl (C=O) groups excluding carboxylic acids is 2. The molecule has 0 atom stereocenters. The van der Waals surface area contributed by atoms with Crippen LogP contribution in [0.3, 0.4) is 0 Å². The van der Waals surface area contributed by atoms with Crippen molar-refractivity contribution in [3.05, 3.63) is 68.8 Å². The molecule has 0 N–H and O–H groups in total. The Labute approximate surface area is 178 Å². The maximum atomic E-state index is 12.5. The van der Waals surface area contributed by atoms with Crippen molar-refractivity contribution in [2.75, 3.05) is 13.2 Å². The summed E-state index contributed by atoms with van der Waals surface area (Å²) in [6.45, 7) is 5.33. The second kappa shape index (κ2) is 10.5. The highest BCUT2D eigenvalue weighted by Crippen LogP contribution is 2.31. The Balaban J connectivity index is 2.34. The second-order valence-electron chi connectivity index (χ2n) is 6.18. The van der Waals surface area contributed by atoms with E-state index in [0.29, 0.717) is 11.1 Å². The van der Waals surface area contributed by atoms with Crippen LogP contribution in [0.15, 0.2) is 42.0 Å². The van der Waals surface area contributed by atoms with Gasteiger partial charge in [0.1, 0.15) is 11.6 Å². The number of nitro groups is 1. The van der Waals surface area contributed by atoms with E-state index < -0.39 is 16.9 Å². The number of esters is 2. The molecule has 0 fully saturated rings. The normalized spacial score (nSPS) is 10.7. The van der Waals surface area contributed by atoms with Gasteiger partial charge in [-0.3, -0.25) is 10.1 Å². The van der Waals surface area contributed by atoms with Crippen LogP contribution in [-0.2, 0) is 9.53 Å². The Hall–Kier alpha value is -4.19. The molecule has 2 aromatic rings. The van der Waals surface area contributed by atoms with Crippen LogP contribution in [0.4, 0.5) is 5.69 Å². The number of rotatable bonds is 8. The van der Waals surface area contributed by atoms with E-state index in [4.69, 9.17) is 19.5 Å². The first-order valence-electron chi connectivity index (χ1n) is 9.33. The molecular weight excluding hydrogens is 404 g/mol. The Morgan fingerprint density at radius 2 is 1.87 bits per heavy atom. The zero-order chi connectivity index (χ0) is 23.0. The summed E-state index contributed by atoms with van der Waals surface area (Å²) < 4.78 is 15.7. The van der Waals surface area contributed by atoms with Crippen LogP contribution in [0.2, 0.25) is 0 Å². The third kappa shape index (κ3) is 5.90. The summed E-state index contributed by atoms with van der Waals surface area (Å²) in [5, 5.41) is 20.3. The molecule has 0 bridgehead atoms. The molecule has 0 aromatic heterocycles. The Morgan fingerprint density at radius 3 is 2.48 bits per heavy atom. The minimum absolute atomic E-state index is 0.0119. The predicted octanol–water partition coefficient (Wildman–Crippen LogP) is 3.99. The topological polar surface area (TPSA) is 129 Å². The zero-order valence-corrected chi connectivity index (χ0v) is 17.2. The van der Waals surface area contributed by atoms with Crippen LogP contribution < -0.4 is 9.47 Å². The monoisotopic (exact) mass is 424 g/mol. The van der Waals surface area contributed by atoms with E-state index in [0.717, 1.165) is 6.07 Å². The van der Waals surface area contributed by atoms with Gasteiger partial charge in [-0.1, -0.05) is 12.1 Å². The van der Waals surface area contributed by atoms with E-state index in [2.05, 4.69) is 0 Å². The van der Waals surface area contributed by atoms with Gasteiger partial charge in [0.15, 0.2) is 11.5 Å². The molecule has 0 aliphatic carbocycles. The van der Waals surface area contributed by atoms with Gasteiger partial charge in [-0.2, -0.15) is 5.26 Å². The van der Waals surface area contributed by atoms with Gasteiger partial charge in [-0.15, -0.1) is 0 Å². The molecule has 9 nitrogen and oxygen atoms in total. The number of ether oxygens (including phenoxy) is 3. The molecule has 0 aliphatic rings. The SMILES string of the molecule is CCOC(=O)/C(C#N)=C/c1ccc(OC(=O)c2ccc(C)c([N+](=O)[O-])c2)c(OCC)c1. The van der Waals surface area contributed by atoms with E-state index in [1.165, 1.54) is 36.4 Å². The van der Waals surface area contributed by atoms with Crippen molar-refractivity contribution in [1.29, 1.82) is 5.26 Å². The van der Waals surface area contributed by atoms with Crippen LogP contribution in [0, 0.1) is 28.4 Å². The number of benzene rings is 2. The first-order valence-corrected chi connectivity index (χ1v) is 9.33. The maximum absolute atomic E-state index is 12.5. The molecule has 0 saturated carbocycles. The zero-order valence-electron chi connectivity index (χ0n) is 17.2. The molecule has 160 valence electrons. The van der Waals surface area contributed by atoms with Gasteiger partial charge in [-0.25, -0.2) is 9.59 Å². The summed E-state index contributed by atoms with van der Waals surface area (Å²) in [5.74, 6) is -1.26. The molecule has 0 unspecified atom stereocenters. The molecule has 31 heavy (non-hydrogen) atoms. The Kier molecular flexibility index (Phi) is 7.86. The number of nitrogens with zero attached hydrogens (tertiary/aromatic N) is 2. The van der Waals surface area contributed by atoms with Crippen molar-refractivity contribution in [2.24, 2.45) is 0 Å². The smallest absolute Gasteiger partial charge is 0.348 e. The lowest BCUT2D eigenvalue weighted by molar-refractivity contribution is -0.385. The highest BCUT2D eigenvalue weighted by Gasteiger charge is 2.18. The van der Waals surface area contributed by atoms with Gasteiger partial charge < -0.3 is 14.2 Å². The van der Waals surface area contributed by atoms with E-state index in [-0.39, 0.29) is 41.5 Å². The van der Waals surface area contributed by atoms with Gasteiger partial charge in [-0.05, 0) is 50.6 Å². The Morgan fingerprint density at radius 1 is 1.13 bits per heavy atom. The van der Waals surface area contributed by atoms with Crippen molar-refractivity contribution in [1.82, 2.24) is 0 Å². The maximum Gasteiger partial charge on any atom is 0.348 e. The molecule has 0 spiro atoms. The third-order valence-corrected chi connectivity index (χ3v) is 4.04. The van der Waals surface area contributed by atoms with E-state index >= 15 is 0 Å². The third-order valence-electron chi connectivity index (χ3n) is 4.04.